The van der Waals surface area contributed by atoms with Gasteiger partial charge in [-0.2, -0.15) is 0 Å². The van der Waals surface area contributed by atoms with Crippen LogP contribution in [0.25, 0.3) is 0 Å². The van der Waals surface area contributed by atoms with Crippen LogP contribution in [-0.4, -0.2) is 18.6 Å². The third-order valence-electron chi connectivity index (χ3n) is 1.86. The van der Waals surface area contributed by atoms with E-state index < -0.39 is 0 Å². The highest BCUT2D eigenvalue weighted by Crippen LogP contribution is 2.18. The molecule has 0 N–H and O–H groups in total. The lowest BCUT2D eigenvalue weighted by Crippen LogP contribution is -1.97. The average molecular weight is 210 g/mol. The van der Waals surface area contributed by atoms with E-state index in [1.165, 1.54) is 5.56 Å². The highest BCUT2D eigenvalue weighted by atomic mass is 32.2. The van der Waals surface area contributed by atoms with Gasteiger partial charge in [-0.05, 0) is 24.6 Å². The van der Waals surface area contributed by atoms with E-state index in [9.17, 15) is 4.79 Å². The lowest BCUT2D eigenvalue weighted by atomic mass is 10.2. The molecule has 1 unspecified atom stereocenters. The van der Waals surface area contributed by atoms with Crippen LogP contribution in [0.1, 0.15) is 12.5 Å². The summed E-state index contributed by atoms with van der Waals surface area (Å²) in [7, 11) is 1.65. The smallest absolute Gasteiger partial charge is 0.132 e. The predicted octanol–water partition coefficient (Wildman–Crippen LogP) is 2.52. The van der Waals surface area contributed by atoms with E-state index in [1.54, 1.807) is 18.9 Å². The zero-order valence-corrected chi connectivity index (χ0v) is 9.21. The zero-order valence-electron chi connectivity index (χ0n) is 8.40. The summed E-state index contributed by atoms with van der Waals surface area (Å²) < 4.78 is 5.05. The molecule has 0 bridgehead atoms. The molecule has 0 saturated heterocycles. The normalized spacial score (nSPS) is 12.1. The van der Waals surface area contributed by atoms with Crippen LogP contribution in [0.5, 0.6) is 5.75 Å². The molecule has 0 saturated carbocycles. The van der Waals surface area contributed by atoms with Gasteiger partial charge >= 0.3 is 0 Å². The van der Waals surface area contributed by atoms with Gasteiger partial charge in [-0.1, -0.05) is 12.1 Å². The maximum Gasteiger partial charge on any atom is 0.132 e. The molecule has 1 aromatic rings. The van der Waals surface area contributed by atoms with Gasteiger partial charge in [0.15, 0.2) is 0 Å². The molecule has 14 heavy (non-hydrogen) atoms. The van der Waals surface area contributed by atoms with E-state index in [0.29, 0.717) is 0 Å². The molecule has 0 fully saturated rings. The largest absolute Gasteiger partial charge is 0.497 e. The van der Waals surface area contributed by atoms with Crippen LogP contribution in [0.15, 0.2) is 24.3 Å². The maximum atomic E-state index is 10.4. The summed E-state index contributed by atoms with van der Waals surface area (Å²) in [5.41, 5.74) is 1.21. The van der Waals surface area contributed by atoms with Crippen molar-refractivity contribution in [2.75, 3.05) is 7.11 Å². The summed E-state index contributed by atoms with van der Waals surface area (Å²) >= 11 is 1.63. The molecule has 3 heteroatoms. The van der Waals surface area contributed by atoms with E-state index in [2.05, 4.69) is 0 Å². The summed E-state index contributed by atoms with van der Waals surface area (Å²) in [6.07, 6.45) is 0.966. The summed E-state index contributed by atoms with van der Waals surface area (Å²) in [6, 6.07) is 7.90. The fraction of sp³-hybridized carbons (Fsp3) is 0.364. The monoisotopic (exact) mass is 210 g/mol. The predicted molar refractivity (Wildman–Crippen MR) is 59.8 cm³/mol. The first-order chi connectivity index (χ1) is 6.76. The van der Waals surface area contributed by atoms with Crippen LogP contribution in [-0.2, 0) is 10.5 Å². The number of benzene rings is 1. The molecular weight excluding hydrogens is 196 g/mol. The first-order valence-electron chi connectivity index (χ1n) is 4.46. The van der Waals surface area contributed by atoms with Crippen molar-refractivity contribution in [3.8, 4) is 5.75 Å². The molecule has 0 aliphatic rings. The molecule has 1 aromatic carbocycles. The van der Waals surface area contributed by atoms with Gasteiger partial charge in [0.1, 0.15) is 12.0 Å². The Bertz CT molecular complexity index is 282. The molecule has 0 heterocycles. The van der Waals surface area contributed by atoms with Crippen LogP contribution < -0.4 is 4.74 Å². The summed E-state index contributed by atoms with van der Waals surface area (Å²) in [6.45, 7) is 1.90. The molecule has 76 valence electrons. The third kappa shape index (κ3) is 3.42. The number of carbonyl (C=O) groups is 1. The molecule has 1 atom stereocenters. The van der Waals surface area contributed by atoms with Gasteiger partial charge in [-0.25, -0.2) is 0 Å². The molecule has 2 nitrogen and oxygen atoms in total. The topological polar surface area (TPSA) is 26.3 Å². The number of rotatable bonds is 5. The average Bonchev–Trinajstić information content (AvgIpc) is 2.26. The zero-order chi connectivity index (χ0) is 10.4. The minimum Gasteiger partial charge on any atom is -0.497 e. The SMILES string of the molecule is COc1ccc(CSC(C)C=O)cc1. The van der Waals surface area contributed by atoms with Crippen molar-refractivity contribution in [1.29, 1.82) is 0 Å². The Labute approximate surface area is 88.7 Å². The summed E-state index contributed by atoms with van der Waals surface area (Å²) in [5.74, 6) is 1.73. The number of hydrogen-bond donors (Lipinski definition) is 0. The highest BCUT2D eigenvalue weighted by molar-refractivity contribution is 7.99. The Morgan fingerprint density at radius 3 is 2.57 bits per heavy atom. The molecular formula is C11H14O2S. The van der Waals surface area contributed by atoms with Crippen LogP contribution >= 0.6 is 11.8 Å². The molecule has 0 amide bonds. The molecule has 0 aromatic heterocycles. The fourth-order valence-corrected chi connectivity index (χ4v) is 1.72. The van der Waals surface area contributed by atoms with Gasteiger partial charge in [-0.3, -0.25) is 0 Å². The van der Waals surface area contributed by atoms with Crippen molar-refractivity contribution in [2.24, 2.45) is 0 Å². The van der Waals surface area contributed by atoms with Crippen LogP contribution in [0.3, 0.4) is 0 Å². The minimum absolute atomic E-state index is 0.0668. The van der Waals surface area contributed by atoms with Crippen molar-refractivity contribution < 1.29 is 9.53 Å². The minimum atomic E-state index is 0.0668. The van der Waals surface area contributed by atoms with Gasteiger partial charge in [0, 0.05) is 5.75 Å². The first-order valence-corrected chi connectivity index (χ1v) is 5.51. The number of thioether (sulfide) groups is 1. The summed E-state index contributed by atoms with van der Waals surface area (Å²) in [4.78, 5) is 10.4. The molecule has 0 spiro atoms. The Hall–Kier alpha value is -0.960. The van der Waals surface area contributed by atoms with E-state index in [-0.39, 0.29) is 5.25 Å². The number of methoxy groups -OCH3 is 1. The van der Waals surface area contributed by atoms with E-state index in [4.69, 9.17) is 4.74 Å². The molecule has 1 rings (SSSR count). The van der Waals surface area contributed by atoms with E-state index >= 15 is 0 Å². The van der Waals surface area contributed by atoms with Gasteiger partial charge in [0.05, 0.1) is 12.4 Å². The Morgan fingerprint density at radius 2 is 2.07 bits per heavy atom. The molecule has 0 aliphatic carbocycles. The van der Waals surface area contributed by atoms with Crippen molar-refractivity contribution in [2.45, 2.75) is 17.9 Å². The second kappa shape index (κ2) is 5.70. The lowest BCUT2D eigenvalue weighted by Gasteiger charge is -2.04. The summed E-state index contributed by atoms with van der Waals surface area (Å²) in [5, 5.41) is 0.0668. The standard InChI is InChI=1S/C11H14O2S/c1-9(7-12)14-8-10-3-5-11(13-2)6-4-10/h3-7,9H,8H2,1-2H3. The van der Waals surface area contributed by atoms with Crippen molar-refractivity contribution >= 4 is 18.0 Å². The van der Waals surface area contributed by atoms with Gasteiger partial charge < -0.3 is 9.53 Å². The second-order valence-electron chi connectivity index (χ2n) is 3.00. The maximum absolute atomic E-state index is 10.4. The fourth-order valence-electron chi connectivity index (χ4n) is 0.989. The lowest BCUT2D eigenvalue weighted by molar-refractivity contribution is -0.107. The third-order valence-corrected chi connectivity index (χ3v) is 3.00. The molecule has 0 radical (unpaired) electrons. The van der Waals surface area contributed by atoms with E-state index in [1.807, 2.05) is 31.2 Å². The van der Waals surface area contributed by atoms with Crippen molar-refractivity contribution in [3.05, 3.63) is 29.8 Å². The highest BCUT2D eigenvalue weighted by Gasteiger charge is 2.00. The van der Waals surface area contributed by atoms with Gasteiger partial charge in [0.25, 0.3) is 0 Å². The number of aldehydes is 1. The van der Waals surface area contributed by atoms with Crippen LogP contribution in [0.4, 0.5) is 0 Å². The van der Waals surface area contributed by atoms with Gasteiger partial charge in [-0.15, -0.1) is 11.8 Å². The number of hydrogen-bond acceptors (Lipinski definition) is 3. The number of carbonyl (C=O) groups excluding carboxylic acids is 1. The Balaban J connectivity index is 2.47. The number of ether oxygens (including phenoxy) is 1. The Kier molecular flexibility index (Phi) is 4.53. The first kappa shape index (κ1) is 11.1. The van der Waals surface area contributed by atoms with E-state index in [0.717, 1.165) is 17.8 Å². The van der Waals surface area contributed by atoms with Crippen molar-refractivity contribution in [1.82, 2.24) is 0 Å². The van der Waals surface area contributed by atoms with Gasteiger partial charge in [0.2, 0.25) is 0 Å². The Morgan fingerprint density at radius 1 is 1.43 bits per heavy atom. The van der Waals surface area contributed by atoms with Crippen LogP contribution in [0.2, 0.25) is 0 Å². The van der Waals surface area contributed by atoms with Crippen molar-refractivity contribution in [3.63, 3.8) is 0 Å². The molecule has 0 aliphatic heterocycles. The quantitative estimate of drug-likeness (QED) is 0.698. The van der Waals surface area contributed by atoms with Crippen LogP contribution in [0, 0.1) is 0 Å². The second-order valence-corrected chi connectivity index (χ2v) is 4.37.